The van der Waals surface area contributed by atoms with Gasteiger partial charge in [-0.15, -0.1) is 0 Å². The Balaban J connectivity index is 1.44. The van der Waals surface area contributed by atoms with Gasteiger partial charge < -0.3 is 14.4 Å². The molecule has 2 aliphatic rings. The molecule has 0 unspecified atom stereocenters. The lowest BCUT2D eigenvalue weighted by atomic mass is 9.71. The van der Waals surface area contributed by atoms with Crippen molar-refractivity contribution < 1.29 is 45.4 Å². The highest BCUT2D eigenvalue weighted by Gasteiger charge is 2.44. The molecule has 0 aliphatic heterocycles. The van der Waals surface area contributed by atoms with Crippen LogP contribution < -0.4 is 4.90 Å². The van der Waals surface area contributed by atoms with Crippen LogP contribution in [0.25, 0.3) is 22.3 Å². The summed E-state index contributed by atoms with van der Waals surface area (Å²) in [5, 5.41) is 0. The molecule has 7 rings (SSSR count). The van der Waals surface area contributed by atoms with Gasteiger partial charge in [0.1, 0.15) is 0 Å². The number of esters is 2. The second-order valence-corrected chi connectivity index (χ2v) is 16.4. The number of halogens is 6. The Hall–Kier alpha value is -6.10. The molecule has 2 aliphatic carbocycles. The number of fused-ring (bicyclic) bond motifs is 6. The van der Waals surface area contributed by atoms with Gasteiger partial charge in [0.25, 0.3) is 0 Å². The van der Waals surface area contributed by atoms with Crippen LogP contribution >= 0.6 is 0 Å². The summed E-state index contributed by atoms with van der Waals surface area (Å²) in [6, 6.07) is 27.5. The third kappa shape index (κ3) is 7.98. The molecule has 0 spiro atoms. The average molecular weight is 838 g/mol. The number of hydrogen-bond acceptors (Lipinski definition) is 5. The fourth-order valence-electron chi connectivity index (χ4n) is 8.96. The van der Waals surface area contributed by atoms with Gasteiger partial charge in [0.15, 0.2) is 0 Å². The van der Waals surface area contributed by atoms with E-state index >= 15 is 13.2 Å². The number of hydrogen-bond donors (Lipinski definition) is 0. The fraction of sp³-hybridized carbons (Fsp3) is 0.280. The number of alkyl halides is 6. The Morgan fingerprint density at radius 2 is 1.07 bits per heavy atom. The van der Waals surface area contributed by atoms with E-state index in [1.807, 2.05) is 68.4 Å². The minimum absolute atomic E-state index is 0.0495. The molecule has 0 fully saturated rings. The predicted molar refractivity (Wildman–Crippen MR) is 225 cm³/mol. The summed E-state index contributed by atoms with van der Waals surface area (Å²) in [6.07, 6.45) is -8.41. The predicted octanol–water partition coefficient (Wildman–Crippen LogP) is 13.6. The summed E-state index contributed by atoms with van der Waals surface area (Å²) >= 11 is 0. The number of carbonyl (C=O) groups excluding carboxylic acids is 2. The van der Waals surface area contributed by atoms with Gasteiger partial charge in [0.2, 0.25) is 0 Å². The molecule has 5 aromatic rings. The van der Waals surface area contributed by atoms with Gasteiger partial charge in [-0.05, 0) is 127 Å². The number of nitrogens with zero attached hydrogens (tertiary/aromatic N) is 1. The van der Waals surface area contributed by atoms with Crippen LogP contribution in [0.4, 0.5) is 43.4 Å². The number of benzene rings is 5. The van der Waals surface area contributed by atoms with Crippen LogP contribution in [0.3, 0.4) is 0 Å². The Morgan fingerprint density at radius 3 is 1.59 bits per heavy atom. The van der Waals surface area contributed by atoms with Gasteiger partial charge in [-0.25, -0.2) is 9.59 Å². The first kappa shape index (κ1) is 43.0. The van der Waals surface area contributed by atoms with Crippen molar-refractivity contribution in [1.29, 1.82) is 0 Å². The van der Waals surface area contributed by atoms with Crippen LogP contribution in [-0.2, 0) is 42.2 Å². The Kier molecular flexibility index (Phi) is 11.3. The molecule has 11 heteroatoms. The van der Waals surface area contributed by atoms with Crippen molar-refractivity contribution in [1.82, 2.24) is 0 Å². The molecule has 0 radical (unpaired) electrons. The first-order chi connectivity index (χ1) is 28.8. The summed E-state index contributed by atoms with van der Waals surface area (Å²) in [5.41, 5.74) is 3.34. The van der Waals surface area contributed by atoms with E-state index in [2.05, 4.69) is 13.2 Å². The zero-order valence-corrected chi connectivity index (χ0v) is 34.3. The molecule has 0 N–H and O–H groups in total. The van der Waals surface area contributed by atoms with Crippen molar-refractivity contribution in [2.45, 2.75) is 76.6 Å². The average Bonchev–Trinajstić information content (AvgIpc) is 3.61. The van der Waals surface area contributed by atoms with E-state index in [9.17, 15) is 22.8 Å². The minimum Gasteiger partial charge on any atom is -0.462 e. The van der Waals surface area contributed by atoms with Gasteiger partial charge in [0, 0.05) is 33.4 Å². The number of anilines is 3. The normalized spacial score (nSPS) is 14.3. The van der Waals surface area contributed by atoms with Gasteiger partial charge in [-0.1, -0.05) is 87.7 Å². The van der Waals surface area contributed by atoms with Gasteiger partial charge >= 0.3 is 24.3 Å². The summed E-state index contributed by atoms with van der Waals surface area (Å²) < 4.78 is 99.5. The van der Waals surface area contributed by atoms with E-state index in [-0.39, 0.29) is 35.7 Å². The van der Waals surface area contributed by atoms with Gasteiger partial charge in [0.05, 0.1) is 30.0 Å². The van der Waals surface area contributed by atoms with Crippen molar-refractivity contribution >= 4 is 29.0 Å². The summed E-state index contributed by atoms with van der Waals surface area (Å²) in [4.78, 5) is 26.0. The van der Waals surface area contributed by atoms with Crippen molar-refractivity contribution in [2.75, 3.05) is 18.1 Å². The van der Waals surface area contributed by atoms with E-state index in [1.165, 1.54) is 4.90 Å². The zero-order valence-electron chi connectivity index (χ0n) is 34.3. The van der Waals surface area contributed by atoms with Crippen molar-refractivity contribution in [3.63, 3.8) is 0 Å². The highest BCUT2D eigenvalue weighted by molar-refractivity contribution is 5.90. The molecule has 0 atom stereocenters. The van der Waals surface area contributed by atoms with E-state index in [0.29, 0.717) is 43.9 Å². The lowest BCUT2D eigenvalue weighted by Gasteiger charge is -2.34. The first-order valence-electron chi connectivity index (χ1n) is 20.0. The van der Waals surface area contributed by atoms with Crippen LogP contribution in [0.15, 0.2) is 127 Å². The van der Waals surface area contributed by atoms with Crippen LogP contribution in [-0.4, -0.2) is 25.2 Å². The van der Waals surface area contributed by atoms with Crippen molar-refractivity contribution in [3.05, 3.63) is 161 Å². The summed E-state index contributed by atoms with van der Waals surface area (Å²) in [7, 11) is 0. The van der Waals surface area contributed by atoms with E-state index in [1.54, 1.807) is 44.2 Å². The molecule has 0 saturated heterocycles. The first-order valence-corrected chi connectivity index (χ1v) is 20.0. The smallest absolute Gasteiger partial charge is 0.418 e. The lowest BCUT2D eigenvalue weighted by Crippen LogP contribution is -2.27. The highest BCUT2D eigenvalue weighted by atomic mass is 19.4. The monoisotopic (exact) mass is 837 g/mol. The number of carbonyl (C=O) groups is 2. The SMILES string of the molecule is C=C(C)C(=O)OCCCC1(CCCOC(=O)C(=C)C)c2ccccc2-c2ccc(N(c3ccc4c(c3)C(C)(C)c3ccccc3-4)c3cc(C(F)(F)F)ccc3C(F)(F)F)cc21. The lowest BCUT2D eigenvalue weighted by molar-refractivity contribution is -0.140. The second kappa shape index (κ2) is 16.1. The molecular weight excluding hydrogens is 793 g/mol. The van der Waals surface area contributed by atoms with Gasteiger partial charge in [-0.2, -0.15) is 26.3 Å². The number of ether oxygens (including phenoxy) is 2. The molecule has 0 aromatic heterocycles. The fourth-order valence-corrected chi connectivity index (χ4v) is 8.96. The minimum atomic E-state index is -5.02. The third-order valence-electron chi connectivity index (χ3n) is 11.9. The molecule has 5 aromatic carbocycles. The largest absolute Gasteiger partial charge is 0.462 e. The zero-order chi connectivity index (χ0) is 44.1. The molecular formula is C50H45F6NO4. The maximum atomic E-state index is 15.1. The molecule has 0 bridgehead atoms. The Labute approximate surface area is 351 Å². The van der Waals surface area contributed by atoms with E-state index < -0.39 is 51.9 Å². The quantitative estimate of drug-likeness (QED) is 0.0512. The maximum Gasteiger partial charge on any atom is 0.418 e. The third-order valence-corrected chi connectivity index (χ3v) is 11.9. The van der Waals surface area contributed by atoms with E-state index in [0.717, 1.165) is 44.5 Å². The van der Waals surface area contributed by atoms with Crippen LogP contribution in [0.1, 0.15) is 86.8 Å². The topological polar surface area (TPSA) is 55.8 Å². The number of rotatable bonds is 13. The molecule has 61 heavy (non-hydrogen) atoms. The highest BCUT2D eigenvalue weighted by Crippen LogP contribution is 2.57. The molecule has 5 nitrogen and oxygen atoms in total. The van der Waals surface area contributed by atoms with Gasteiger partial charge in [-0.3, -0.25) is 0 Å². The van der Waals surface area contributed by atoms with Crippen molar-refractivity contribution in [3.8, 4) is 22.3 Å². The molecule has 0 heterocycles. The summed E-state index contributed by atoms with van der Waals surface area (Å²) in [6.45, 7) is 14.5. The molecule has 316 valence electrons. The van der Waals surface area contributed by atoms with Crippen LogP contribution in [0.2, 0.25) is 0 Å². The maximum absolute atomic E-state index is 15.1. The second-order valence-electron chi connectivity index (χ2n) is 16.4. The molecule has 0 saturated carbocycles. The summed E-state index contributed by atoms with van der Waals surface area (Å²) in [5.74, 6) is -1.10. The van der Waals surface area contributed by atoms with Crippen molar-refractivity contribution in [2.24, 2.45) is 0 Å². The Morgan fingerprint density at radius 1 is 0.590 bits per heavy atom. The Bertz CT molecular complexity index is 2530. The molecule has 0 amide bonds. The standard InChI is InChI=1S/C50H45F6NO4/c1-30(2)45(58)60-25-11-23-48(24-12-26-61-46(59)31(3)4)40-16-10-8-14-36(40)38-21-19-34(29-43(38)48)57(44-27-32(49(51,52)53)17-22-41(44)50(54,55)56)33-18-20-37-35-13-7-9-15-39(35)47(5,6)42(37)28-33/h7-10,13-22,27-29H,1,3,11-12,23-26H2,2,4-6H3. The van der Waals surface area contributed by atoms with Crippen LogP contribution in [0.5, 0.6) is 0 Å². The van der Waals surface area contributed by atoms with E-state index in [4.69, 9.17) is 9.47 Å². The van der Waals surface area contributed by atoms with Crippen LogP contribution in [0, 0.1) is 0 Å².